The summed E-state index contributed by atoms with van der Waals surface area (Å²) in [5, 5.41) is 7.63. The summed E-state index contributed by atoms with van der Waals surface area (Å²) >= 11 is 5.68. The van der Waals surface area contributed by atoms with Crippen molar-refractivity contribution in [3.63, 3.8) is 0 Å². The average Bonchev–Trinajstić information content (AvgIpc) is 2.68. The van der Waals surface area contributed by atoms with Gasteiger partial charge in [0, 0.05) is 36.9 Å². The van der Waals surface area contributed by atoms with Crippen LogP contribution in [0.1, 0.15) is 11.3 Å². The third-order valence-electron chi connectivity index (χ3n) is 2.56. The number of hydrogen-bond donors (Lipinski definition) is 1. The quantitative estimate of drug-likeness (QED) is 0.907. The maximum absolute atomic E-state index is 13.5. The van der Waals surface area contributed by atoms with Gasteiger partial charge in [-0.15, -0.1) is 0 Å². The maximum Gasteiger partial charge on any atom is 0.129 e. The van der Waals surface area contributed by atoms with Crippen molar-refractivity contribution in [2.24, 2.45) is 7.05 Å². The van der Waals surface area contributed by atoms with Gasteiger partial charge < -0.3 is 5.32 Å². The van der Waals surface area contributed by atoms with E-state index in [4.69, 9.17) is 11.6 Å². The molecule has 1 aromatic heterocycles. The molecule has 0 aliphatic carbocycles. The van der Waals surface area contributed by atoms with Gasteiger partial charge in [-0.25, -0.2) is 4.39 Å². The topological polar surface area (TPSA) is 29.9 Å². The SMILES string of the molecule is Cn1nccc1CNCc1ccc(Cl)cc1F. The molecule has 1 heterocycles. The maximum atomic E-state index is 13.5. The third-order valence-corrected chi connectivity index (χ3v) is 2.79. The standard InChI is InChI=1S/C12H13ClFN3/c1-17-11(4-5-16-17)8-15-7-9-2-3-10(13)6-12(9)14/h2-6,15H,7-8H2,1H3. The predicted octanol–water partition coefficient (Wildman–Crippen LogP) is 2.50. The Morgan fingerprint density at radius 2 is 2.18 bits per heavy atom. The van der Waals surface area contributed by atoms with E-state index in [0.29, 0.717) is 23.7 Å². The van der Waals surface area contributed by atoms with Crippen molar-refractivity contribution in [1.29, 1.82) is 0 Å². The monoisotopic (exact) mass is 253 g/mol. The van der Waals surface area contributed by atoms with Crippen LogP contribution in [0.4, 0.5) is 4.39 Å². The van der Waals surface area contributed by atoms with Crippen molar-refractivity contribution >= 4 is 11.6 Å². The normalized spacial score (nSPS) is 10.8. The second-order valence-electron chi connectivity index (χ2n) is 3.79. The van der Waals surface area contributed by atoms with Gasteiger partial charge in [-0.2, -0.15) is 5.10 Å². The summed E-state index contributed by atoms with van der Waals surface area (Å²) < 4.78 is 15.2. The Labute approximate surface area is 104 Å². The first kappa shape index (κ1) is 12.1. The van der Waals surface area contributed by atoms with Crippen molar-refractivity contribution in [2.45, 2.75) is 13.1 Å². The summed E-state index contributed by atoms with van der Waals surface area (Å²) in [5.41, 5.74) is 1.66. The zero-order valence-corrected chi connectivity index (χ0v) is 10.2. The molecule has 0 bridgehead atoms. The number of halogens is 2. The Balaban J connectivity index is 1.92. The Kier molecular flexibility index (Phi) is 3.76. The van der Waals surface area contributed by atoms with E-state index in [0.717, 1.165) is 5.69 Å². The van der Waals surface area contributed by atoms with Crippen LogP contribution in [0, 0.1) is 5.82 Å². The highest BCUT2D eigenvalue weighted by Crippen LogP contribution is 2.14. The zero-order chi connectivity index (χ0) is 12.3. The van der Waals surface area contributed by atoms with Gasteiger partial charge in [0.2, 0.25) is 0 Å². The Hall–Kier alpha value is -1.39. The predicted molar refractivity (Wildman–Crippen MR) is 65.2 cm³/mol. The van der Waals surface area contributed by atoms with Crippen LogP contribution < -0.4 is 5.32 Å². The molecule has 0 aliphatic rings. The smallest absolute Gasteiger partial charge is 0.129 e. The highest BCUT2D eigenvalue weighted by Gasteiger charge is 2.03. The number of nitrogens with zero attached hydrogens (tertiary/aromatic N) is 2. The second kappa shape index (κ2) is 5.29. The van der Waals surface area contributed by atoms with Crippen molar-refractivity contribution < 1.29 is 4.39 Å². The van der Waals surface area contributed by atoms with Crippen molar-refractivity contribution in [1.82, 2.24) is 15.1 Å². The average molecular weight is 254 g/mol. The number of nitrogens with one attached hydrogen (secondary N) is 1. The Morgan fingerprint density at radius 3 is 2.82 bits per heavy atom. The summed E-state index contributed by atoms with van der Waals surface area (Å²) in [6.45, 7) is 1.12. The van der Waals surface area contributed by atoms with Gasteiger partial charge in [0.25, 0.3) is 0 Å². The molecule has 2 rings (SSSR count). The summed E-state index contributed by atoms with van der Waals surface area (Å²) in [5.74, 6) is -0.282. The van der Waals surface area contributed by atoms with Crippen LogP contribution in [-0.4, -0.2) is 9.78 Å². The summed E-state index contributed by atoms with van der Waals surface area (Å²) in [6, 6.07) is 6.62. The first-order valence-electron chi connectivity index (χ1n) is 5.28. The molecule has 17 heavy (non-hydrogen) atoms. The summed E-state index contributed by atoms with van der Waals surface area (Å²) in [6.07, 6.45) is 1.74. The molecule has 5 heteroatoms. The molecule has 0 atom stereocenters. The fourth-order valence-corrected chi connectivity index (χ4v) is 1.72. The van der Waals surface area contributed by atoms with Gasteiger partial charge in [0.05, 0.1) is 5.69 Å². The van der Waals surface area contributed by atoms with E-state index in [9.17, 15) is 4.39 Å². The first-order chi connectivity index (χ1) is 8.16. The van der Waals surface area contributed by atoms with E-state index in [-0.39, 0.29) is 5.82 Å². The van der Waals surface area contributed by atoms with Crippen molar-refractivity contribution in [2.75, 3.05) is 0 Å². The first-order valence-corrected chi connectivity index (χ1v) is 5.66. The van der Waals surface area contributed by atoms with E-state index >= 15 is 0 Å². The summed E-state index contributed by atoms with van der Waals surface area (Å²) in [7, 11) is 1.87. The zero-order valence-electron chi connectivity index (χ0n) is 9.45. The Bertz CT molecular complexity index is 510. The molecule has 0 saturated carbocycles. The lowest BCUT2D eigenvalue weighted by Crippen LogP contribution is -2.16. The minimum absolute atomic E-state index is 0.282. The lowest BCUT2D eigenvalue weighted by atomic mass is 10.2. The second-order valence-corrected chi connectivity index (χ2v) is 4.22. The molecule has 0 spiro atoms. The van der Waals surface area contributed by atoms with Crippen LogP contribution in [0.2, 0.25) is 5.02 Å². The third kappa shape index (κ3) is 3.05. The summed E-state index contributed by atoms with van der Waals surface area (Å²) in [4.78, 5) is 0. The number of aryl methyl sites for hydroxylation is 1. The molecular formula is C12H13ClFN3. The van der Waals surface area contributed by atoms with Crippen LogP contribution in [0.5, 0.6) is 0 Å². The largest absolute Gasteiger partial charge is 0.307 e. The lowest BCUT2D eigenvalue weighted by Gasteiger charge is -2.06. The van der Waals surface area contributed by atoms with Gasteiger partial charge >= 0.3 is 0 Å². The van der Waals surface area contributed by atoms with Crippen LogP contribution in [-0.2, 0) is 20.1 Å². The number of rotatable bonds is 4. The minimum atomic E-state index is -0.282. The van der Waals surface area contributed by atoms with Gasteiger partial charge in [0.15, 0.2) is 0 Å². The molecule has 0 unspecified atom stereocenters. The van der Waals surface area contributed by atoms with E-state index in [1.807, 2.05) is 13.1 Å². The minimum Gasteiger partial charge on any atom is -0.307 e. The lowest BCUT2D eigenvalue weighted by molar-refractivity contribution is 0.577. The van der Waals surface area contributed by atoms with E-state index < -0.39 is 0 Å². The Morgan fingerprint density at radius 1 is 1.35 bits per heavy atom. The van der Waals surface area contributed by atoms with Crippen LogP contribution in [0.15, 0.2) is 30.5 Å². The molecule has 0 radical (unpaired) electrons. The molecule has 0 fully saturated rings. The molecule has 1 N–H and O–H groups in total. The molecular weight excluding hydrogens is 241 g/mol. The van der Waals surface area contributed by atoms with Gasteiger partial charge in [-0.05, 0) is 18.2 Å². The van der Waals surface area contributed by atoms with Gasteiger partial charge in [-0.1, -0.05) is 17.7 Å². The van der Waals surface area contributed by atoms with Gasteiger partial charge in [0.1, 0.15) is 5.82 Å². The molecule has 90 valence electrons. The molecule has 0 aliphatic heterocycles. The van der Waals surface area contributed by atoms with Crippen molar-refractivity contribution in [3.05, 3.63) is 52.6 Å². The number of hydrogen-bond acceptors (Lipinski definition) is 2. The van der Waals surface area contributed by atoms with Crippen molar-refractivity contribution in [3.8, 4) is 0 Å². The van der Waals surface area contributed by atoms with E-state index in [1.165, 1.54) is 6.07 Å². The van der Waals surface area contributed by atoms with Crippen LogP contribution >= 0.6 is 11.6 Å². The fraction of sp³-hybridized carbons (Fsp3) is 0.250. The highest BCUT2D eigenvalue weighted by atomic mass is 35.5. The molecule has 2 aromatic rings. The van der Waals surface area contributed by atoms with Gasteiger partial charge in [-0.3, -0.25) is 4.68 Å². The molecule has 3 nitrogen and oxygen atoms in total. The molecule has 1 aromatic carbocycles. The highest BCUT2D eigenvalue weighted by molar-refractivity contribution is 6.30. The molecule has 0 amide bonds. The number of aromatic nitrogens is 2. The fourth-order valence-electron chi connectivity index (χ4n) is 1.57. The van der Waals surface area contributed by atoms with Crippen LogP contribution in [0.25, 0.3) is 0 Å². The van der Waals surface area contributed by atoms with Crippen LogP contribution in [0.3, 0.4) is 0 Å². The van der Waals surface area contributed by atoms with E-state index in [2.05, 4.69) is 10.4 Å². The molecule has 0 saturated heterocycles. The number of benzene rings is 1. The van der Waals surface area contributed by atoms with E-state index in [1.54, 1.807) is 23.0 Å².